The van der Waals surface area contributed by atoms with E-state index in [4.69, 9.17) is 0 Å². The van der Waals surface area contributed by atoms with Crippen molar-refractivity contribution < 1.29 is 4.79 Å². The number of piperidine rings is 1. The van der Waals surface area contributed by atoms with Gasteiger partial charge in [-0.05, 0) is 43.8 Å². The number of nitrogens with one attached hydrogen (secondary N) is 1. The van der Waals surface area contributed by atoms with Gasteiger partial charge in [-0.15, -0.1) is 11.8 Å². The molecule has 0 spiro atoms. The molecule has 28 heavy (non-hydrogen) atoms. The lowest BCUT2D eigenvalue weighted by Gasteiger charge is -2.32. The summed E-state index contributed by atoms with van der Waals surface area (Å²) in [6.45, 7) is 2.34. The minimum Gasteiger partial charge on any atom is -0.357 e. The zero-order valence-electron chi connectivity index (χ0n) is 16.0. The van der Waals surface area contributed by atoms with Crippen LogP contribution in [0.5, 0.6) is 0 Å². The second-order valence-electron chi connectivity index (χ2n) is 7.34. The number of carbonyl (C=O) groups is 1. The highest BCUT2D eigenvalue weighted by Crippen LogP contribution is 2.27. The van der Waals surface area contributed by atoms with E-state index >= 15 is 0 Å². The number of pyridine rings is 1. The van der Waals surface area contributed by atoms with Gasteiger partial charge >= 0.3 is 0 Å². The zero-order chi connectivity index (χ0) is 19.5. The molecule has 5 heteroatoms. The number of benzene rings is 2. The van der Waals surface area contributed by atoms with Crippen LogP contribution in [0, 0.1) is 5.92 Å². The van der Waals surface area contributed by atoms with Gasteiger partial charge in [0, 0.05) is 52.1 Å². The molecular weight excluding hydrogens is 368 g/mol. The van der Waals surface area contributed by atoms with Crippen molar-refractivity contribution in [3.8, 4) is 0 Å². The Hall–Kier alpha value is -2.37. The van der Waals surface area contributed by atoms with Gasteiger partial charge in [0.05, 0.1) is 0 Å². The molecule has 0 aliphatic carbocycles. The summed E-state index contributed by atoms with van der Waals surface area (Å²) >= 11 is 1.62. The molecule has 1 aliphatic rings. The van der Waals surface area contributed by atoms with Crippen LogP contribution in [0.25, 0.3) is 10.9 Å². The maximum absolute atomic E-state index is 13.1. The van der Waals surface area contributed by atoms with E-state index in [0.717, 1.165) is 47.6 Å². The van der Waals surface area contributed by atoms with Gasteiger partial charge in [0.15, 0.2) is 11.2 Å². The summed E-state index contributed by atoms with van der Waals surface area (Å²) in [7, 11) is 0. The molecule has 4 nitrogen and oxygen atoms in total. The molecule has 1 unspecified atom stereocenters. The fourth-order valence-electron chi connectivity index (χ4n) is 4.06. The van der Waals surface area contributed by atoms with Gasteiger partial charge in [0.2, 0.25) is 0 Å². The van der Waals surface area contributed by atoms with Crippen molar-refractivity contribution >= 4 is 28.4 Å². The third-order valence-electron chi connectivity index (χ3n) is 5.44. The molecular formula is C23H24N2O2S. The number of carbonyl (C=O) groups excluding carboxylic acids is 1. The standard InChI is InChI=1S/C23H24N2O2S/c1-28-22-11-5-3-9-19(22)23(27)16-7-6-12-25(14-16)15-17-13-21(26)18-8-2-4-10-20(18)24-17/h2-5,8-11,13,16H,6-7,12,14-15H2,1H3,(H,24,26). The van der Waals surface area contributed by atoms with E-state index in [9.17, 15) is 9.59 Å². The van der Waals surface area contributed by atoms with Crippen molar-refractivity contribution in [1.82, 2.24) is 9.88 Å². The fourth-order valence-corrected chi connectivity index (χ4v) is 4.66. The summed E-state index contributed by atoms with van der Waals surface area (Å²) < 4.78 is 0. The summed E-state index contributed by atoms with van der Waals surface area (Å²) in [6, 6.07) is 17.1. The van der Waals surface area contributed by atoms with Crippen LogP contribution >= 0.6 is 11.8 Å². The van der Waals surface area contributed by atoms with Crippen molar-refractivity contribution in [3.05, 3.63) is 76.1 Å². The Morgan fingerprint density at radius 2 is 1.96 bits per heavy atom. The third kappa shape index (κ3) is 3.91. The van der Waals surface area contributed by atoms with Crippen LogP contribution in [0.3, 0.4) is 0 Å². The van der Waals surface area contributed by atoms with Gasteiger partial charge in [0.25, 0.3) is 0 Å². The van der Waals surface area contributed by atoms with Crippen LogP contribution in [0.1, 0.15) is 28.9 Å². The fraction of sp³-hybridized carbons (Fsp3) is 0.304. The molecule has 1 N–H and O–H groups in total. The largest absolute Gasteiger partial charge is 0.357 e. The number of rotatable bonds is 5. The Labute approximate surface area is 169 Å². The number of likely N-dealkylation sites (tertiary alicyclic amines) is 1. The minimum atomic E-state index is 0.00854. The van der Waals surface area contributed by atoms with E-state index < -0.39 is 0 Å². The zero-order valence-corrected chi connectivity index (χ0v) is 16.8. The first kappa shape index (κ1) is 19.0. The number of para-hydroxylation sites is 1. The molecule has 1 aliphatic heterocycles. The highest BCUT2D eigenvalue weighted by Gasteiger charge is 2.28. The highest BCUT2D eigenvalue weighted by atomic mass is 32.2. The van der Waals surface area contributed by atoms with E-state index in [2.05, 4.69) is 9.88 Å². The second kappa shape index (κ2) is 8.33. The van der Waals surface area contributed by atoms with Crippen LogP contribution in [0.2, 0.25) is 0 Å². The van der Waals surface area contributed by atoms with E-state index in [0.29, 0.717) is 11.9 Å². The van der Waals surface area contributed by atoms with Crippen molar-refractivity contribution in [1.29, 1.82) is 0 Å². The number of nitrogens with zero attached hydrogens (tertiary/aromatic N) is 1. The van der Waals surface area contributed by atoms with Gasteiger partial charge in [0.1, 0.15) is 0 Å². The Balaban J connectivity index is 1.51. The summed E-state index contributed by atoms with van der Waals surface area (Å²) in [5.74, 6) is 0.246. The lowest BCUT2D eigenvalue weighted by Crippen LogP contribution is -2.38. The summed E-state index contributed by atoms with van der Waals surface area (Å²) in [5, 5.41) is 0.714. The number of Topliss-reactive ketones (excluding diaryl/α,β-unsaturated/α-hetero) is 1. The number of aromatic nitrogens is 1. The molecule has 4 rings (SSSR count). The van der Waals surface area contributed by atoms with Gasteiger partial charge in [-0.1, -0.05) is 30.3 Å². The monoisotopic (exact) mass is 392 g/mol. The second-order valence-corrected chi connectivity index (χ2v) is 8.19. The van der Waals surface area contributed by atoms with E-state index in [-0.39, 0.29) is 17.1 Å². The predicted octanol–water partition coefficient (Wildman–Crippen LogP) is 4.34. The van der Waals surface area contributed by atoms with Crippen LogP contribution < -0.4 is 5.43 Å². The lowest BCUT2D eigenvalue weighted by molar-refractivity contribution is 0.0807. The van der Waals surface area contributed by atoms with Crippen molar-refractivity contribution in [3.63, 3.8) is 0 Å². The summed E-state index contributed by atoms with van der Waals surface area (Å²) in [5.41, 5.74) is 2.65. The smallest absolute Gasteiger partial charge is 0.189 e. The number of fused-ring (bicyclic) bond motifs is 1. The Morgan fingerprint density at radius 1 is 1.18 bits per heavy atom. The topological polar surface area (TPSA) is 53.2 Å². The molecule has 3 aromatic rings. The first-order valence-electron chi connectivity index (χ1n) is 9.66. The molecule has 1 aromatic heterocycles. The minimum absolute atomic E-state index is 0.00854. The predicted molar refractivity (Wildman–Crippen MR) is 115 cm³/mol. The molecule has 2 aromatic carbocycles. The number of hydrogen-bond acceptors (Lipinski definition) is 4. The first-order valence-corrected chi connectivity index (χ1v) is 10.9. The Bertz CT molecular complexity index is 1060. The first-order chi connectivity index (χ1) is 13.7. The normalized spacial score (nSPS) is 17.7. The number of hydrogen-bond donors (Lipinski definition) is 1. The molecule has 1 atom stereocenters. The SMILES string of the molecule is CSc1ccccc1C(=O)C1CCCN(Cc2cc(=O)c3ccccc3[nH]2)C1. The highest BCUT2D eigenvalue weighted by molar-refractivity contribution is 7.98. The van der Waals surface area contributed by atoms with Crippen molar-refractivity contribution in [2.24, 2.45) is 5.92 Å². The summed E-state index contributed by atoms with van der Waals surface area (Å²) in [4.78, 5) is 32.2. The van der Waals surface area contributed by atoms with Crippen LogP contribution in [-0.2, 0) is 6.54 Å². The number of thioether (sulfide) groups is 1. The van der Waals surface area contributed by atoms with Gasteiger partial charge < -0.3 is 4.98 Å². The van der Waals surface area contributed by atoms with E-state index in [1.807, 2.05) is 54.8 Å². The average molecular weight is 393 g/mol. The van der Waals surface area contributed by atoms with Crippen molar-refractivity contribution in [2.75, 3.05) is 19.3 Å². The molecule has 0 bridgehead atoms. The maximum atomic E-state index is 13.1. The Morgan fingerprint density at radius 3 is 2.82 bits per heavy atom. The molecule has 1 fully saturated rings. The van der Waals surface area contributed by atoms with Crippen molar-refractivity contribution in [2.45, 2.75) is 24.3 Å². The van der Waals surface area contributed by atoms with E-state index in [1.54, 1.807) is 17.8 Å². The maximum Gasteiger partial charge on any atom is 0.189 e. The molecule has 2 heterocycles. The molecule has 0 amide bonds. The van der Waals surface area contributed by atoms with E-state index in [1.165, 1.54) is 0 Å². The van der Waals surface area contributed by atoms with Gasteiger partial charge in [-0.25, -0.2) is 0 Å². The van der Waals surface area contributed by atoms with Gasteiger partial charge in [-0.2, -0.15) is 0 Å². The van der Waals surface area contributed by atoms with Crippen LogP contribution in [0.4, 0.5) is 0 Å². The Kier molecular flexibility index (Phi) is 5.64. The molecule has 0 radical (unpaired) electrons. The van der Waals surface area contributed by atoms with Crippen LogP contribution in [0.15, 0.2) is 64.3 Å². The van der Waals surface area contributed by atoms with Crippen LogP contribution in [-0.4, -0.2) is 35.0 Å². The quantitative estimate of drug-likeness (QED) is 0.518. The lowest BCUT2D eigenvalue weighted by atomic mass is 9.90. The molecule has 0 saturated carbocycles. The average Bonchev–Trinajstić information content (AvgIpc) is 2.73. The summed E-state index contributed by atoms with van der Waals surface area (Å²) in [6.07, 6.45) is 3.93. The molecule has 1 saturated heterocycles. The number of H-pyrrole nitrogens is 1. The number of aromatic amines is 1. The van der Waals surface area contributed by atoms with Gasteiger partial charge in [-0.3, -0.25) is 14.5 Å². The molecule has 144 valence electrons. The number of ketones is 1. The third-order valence-corrected chi connectivity index (χ3v) is 6.23.